The molecule has 0 spiro atoms. The fourth-order valence-corrected chi connectivity index (χ4v) is 2.82. The molecule has 0 atom stereocenters. The second kappa shape index (κ2) is 5.76. The van der Waals surface area contributed by atoms with E-state index >= 15 is 0 Å². The molecular weight excluding hydrogens is 282 g/mol. The molecule has 3 N–H and O–H groups in total. The fraction of sp³-hybridized carbons (Fsp3) is 0. The van der Waals surface area contributed by atoms with Gasteiger partial charge in [-0.3, -0.25) is 4.79 Å². The Bertz CT molecular complexity index is 782. The number of benzene rings is 1. The van der Waals surface area contributed by atoms with E-state index < -0.39 is 0 Å². The van der Waals surface area contributed by atoms with Gasteiger partial charge in [0.15, 0.2) is 12.1 Å². The molecule has 0 saturated heterocycles. The molecule has 2 aromatic heterocycles. The van der Waals surface area contributed by atoms with Gasteiger partial charge >= 0.3 is 0 Å². The topological polar surface area (TPSA) is 68.0 Å². The molecule has 0 radical (unpaired) electrons. The second-order valence-corrected chi connectivity index (χ2v) is 5.38. The van der Waals surface area contributed by atoms with Gasteiger partial charge in [0.2, 0.25) is 0 Å². The Labute approximate surface area is 126 Å². The summed E-state index contributed by atoms with van der Waals surface area (Å²) in [5.41, 5.74) is 9.22. The molecule has 0 aliphatic heterocycles. The first-order valence-electron chi connectivity index (χ1n) is 6.39. The highest BCUT2D eigenvalue weighted by Crippen LogP contribution is 2.34. The van der Waals surface area contributed by atoms with Crippen molar-refractivity contribution in [2.24, 2.45) is 0 Å². The van der Waals surface area contributed by atoms with Crippen LogP contribution in [0.3, 0.4) is 0 Å². The number of carbonyl (C=O) groups is 1. The van der Waals surface area contributed by atoms with Crippen LogP contribution in [0.4, 0.5) is 17.2 Å². The number of rotatable bonds is 4. The summed E-state index contributed by atoms with van der Waals surface area (Å²) in [5, 5.41) is 5.14. The summed E-state index contributed by atoms with van der Waals surface area (Å²) in [5.74, 6) is 0.604. The molecule has 21 heavy (non-hydrogen) atoms. The van der Waals surface area contributed by atoms with Gasteiger partial charge in [-0.05, 0) is 29.6 Å². The first-order chi connectivity index (χ1) is 10.3. The summed E-state index contributed by atoms with van der Waals surface area (Å²) in [4.78, 5) is 16.1. The monoisotopic (exact) mass is 295 g/mol. The Kier molecular flexibility index (Phi) is 3.66. The summed E-state index contributed by atoms with van der Waals surface area (Å²) in [6.07, 6.45) is 2.56. The van der Waals surface area contributed by atoms with Crippen molar-refractivity contribution in [3.05, 3.63) is 58.9 Å². The molecule has 0 fully saturated rings. The summed E-state index contributed by atoms with van der Waals surface area (Å²) in [6, 6.07) is 13.3. The molecular formula is C16H13N3OS. The van der Waals surface area contributed by atoms with Crippen LogP contribution < -0.4 is 11.1 Å². The standard InChI is InChI=1S/C16H13N3OS/c17-13-5-3-8-18-16(13)19-14-6-2-1-4-11(14)12-7-9-21-15(12)10-20/h1-10H,17H2,(H,18,19). The number of pyridine rings is 1. The Morgan fingerprint density at radius 1 is 1.10 bits per heavy atom. The number of hydrogen-bond acceptors (Lipinski definition) is 5. The highest BCUT2D eigenvalue weighted by atomic mass is 32.1. The third-order valence-corrected chi connectivity index (χ3v) is 3.95. The lowest BCUT2D eigenvalue weighted by Gasteiger charge is -2.12. The normalized spacial score (nSPS) is 10.3. The maximum Gasteiger partial charge on any atom is 0.160 e. The highest BCUT2D eigenvalue weighted by Gasteiger charge is 2.11. The SMILES string of the molecule is Nc1cccnc1Nc1ccccc1-c1ccsc1C=O. The zero-order valence-corrected chi connectivity index (χ0v) is 11.9. The van der Waals surface area contributed by atoms with E-state index in [0.29, 0.717) is 16.4 Å². The largest absolute Gasteiger partial charge is 0.396 e. The van der Waals surface area contributed by atoms with Crippen LogP contribution in [0.1, 0.15) is 9.67 Å². The van der Waals surface area contributed by atoms with Crippen LogP contribution in [-0.2, 0) is 0 Å². The number of anilines is 3. The molecule has 104 valence electrons. The minimum absolute atomic E-state index is 0.577. The lowest BCUT2D eigenvalue weighted by Crippen LogP contribution is -2.00. The van der Waals surface area contributed by atoms with Crippen molar-refractivity contribution in [3.8, 4) is 11.1 Å². The number of para-hydroxylation sites is 1. The number of aldehydes is 1. The van der Waals surface area contributed by atoms with E-state index in [1.807, 2.05) is 35.7 Å². The number of nitrogens with two attached hydrogens (primary N) is 1. The number of nitrogens with one attached hydrogen (secondary N) is 1. The Morgan fingerprint density at radius 2 is 1.95 bits per heavy atom. The Balaban J connectivity index is 2.05. The van der Waals surface area contributed by atoms with Crippen molar-refractivity contribution in [1.29, 1.82) is 0 Å². The van der Waals surface area contributed by atoms with Gasteiger partial charge in [-0.25, -0.2) is 4.98 Å². The van der Waals surface area contributed by atoms with E-state index in [-0.39, 0.29) is 0 Å². The van der Waals surface area contributed by atoms with Gasteiger partial charge in [-0.1, -0.05) is 18.2 Å². The highest BCUT2D eigenvalue weighted by molar-refractivity contribution is 7.12. The van der Waals surface area contributed by atoms with Crippen LogP contribution in [0.15, 0.2) is 54.0 Å². The molecule has 0 amide bonds. The lowest BCUT2D eigenvalue weighted by atomic mass is 10.0. The number of aromatic nitrogens is 1. The molecule has 0 bridgehead atoms. The average Bonchev–Trinajstić information content (AvgIpc) is 2.98. The Hall–Kier alpha value is -2.66. The van der Waals surface area contributed by atoms with Crippen LogP contribution in [-0.4, -0.2) is 11.3 Å². The van der Waals surface area contributed by atoms with E-state index in [9.17, 15) is 4.79 Å². The van der Waals surface area contributed by atoms with Gasteiger partial charge in [0.05, 0.1) is 10.6 Å². The van der Waals surface area contributed by atoms with Crippen LogP contribution in [0.5, 0.6) is 0 Å². The number of nitrogen functional groups attached to an aromatic ring is 1. The van der Waals surface area contributed by atoms with Gasteiger partial charge in [0.25, 0.3) is 0 Å². The van der Waals surface area contributed by atoms with Crippen molar-refractivity contribution in [2.45, 2.75) is 0 Å². The van der Waals surface area contributed by atoms with Crippen molar-refractivity contribution >= 4 is 34.8 Å². The number of nitrogens with zero attached hydrogens (tertiary/aromatic N) is 1. The van der Waals surface area contributed by atoms with E-state index in [0.717, 1.165) is 23.1 Å². The molecule has 0 aliphatic carbocycles. The third kappa shape index (κ3) is 2.64. The van der Waals surface area contributed by atoms with Gasteiger partial charge in [0.1, 0.15) is 0 Å². The summed E-state index contributed by atoms with van der Waals surface area (Å²) >= 11 is 1.43. The first-order valence-corrected chi connectivity index (χ1v) is 7.27. The molecule has 2 heterocycles. The smallest absolute Gasteiger partial charge is 0.160 e. The van der Waals surface area contributed by atoms with Gasteiger partial charge in [0, 0.05) is 23.0 Å². The van der Waals surface area contributed by atoms with Crippen LogP contribution in [0.25, 0.3) is 11.1 Å². The molecule has 5 heteroatoms. The quantitative estimate of drug-likeness (QED) is 0.715. The fourth-order valence-electron chi connectivity index (χ4n) is 2.11. The van der Waals surface area contributed by atoms with Gasteiger partial charge in [-0.15, -0.1) is 11.3 Å². The molecule has 4 nitrogen and oxygen atoms in total. The minimum atomic E-state index is 0.577. The maximum atomic E-state index is 11.1. The van der Waals surface area contributed by atoms with Crippen molar-refractivity contribution < 1.29 is 4.79 Å². The number of carbonyl (C=O) groups excluding carboxylic acids is 1. The van der Waals surface area contributed by atoms with Crippen LogP contribution >= 0.6 is 11.3 Å². The van der Waals surface area contributed by atoms with Crippen LogP contribution in [0.2, 0.25) is 0 Å². The molecule has 0 saturated carbocycles. The van der Waals surface area contributed by atoms with Crippen molar-refractivity contribution in [3.63, 3.8) is 0 Å². The molecule has 0 unspecified atom stereocenters. The third-order valence-electron chi connectivity index (χ3n) is 3.11. The van der Waals surface area contributed by atoms with E-state index in [1.54, 1.807) is 18.3 Å². The van der Waals surface area contributed by atoms with E-state index in [4.69, 9.17) is 5.73 Å². The van der Waals surface area contributed by atoms with Crippen LogP contribution in [0, 0.1) is 0 Å². The maximum absolute atomic E-state index is 11.1. The summed E-state index contributed by atoms with van der Waals surface area (Å²) < 4.78 is 0. The average molecular weight is 295 g/mol. The van der Waals surface area contributed by atoms with Gasteiger partial charge in [-0.2, -0.15) is 0 Å². The Morgan fingerprint density at radius 3 is 2.76 bits per heavy atom. The predicted octanol–water partition coefficient (Wildman–Crippen LogP) is 3.95. The predicted molar refractivity (Wildman–Crippen MR) is 87.1 cm³/mol. The molecule has 0 aliphatic rings. The van der Waals surface area contributed by atoms with E-state index in [2.05, 4.69) is 10.3 Å². The minimum Gasteiger partial charge on any atom is -0.396 e. The number of hydrogen-bond donors (Lipinski definition) is 2. The van der Waals surface area contributed by atoms with E-state index in [1.165, 1.54) is 11.3 Å². The summed E-state index contributed by atoms with van der Waals surface area (Å²) in [6.45, 7) is 0. The molecule has 3 rings (SSSR count). The second-order valence-electron chi connectivity index (χ2n) is 4.43. The summed E-state index contributed by atoms with van der Waals surface area (Å²) in [7, 11) is 0. The van der Waals surface area contributed by atoms with Gasteiger partial charge < -0.3 is 11.1 Å². The van der Waals surface area contributed by atoms with Crippen molar-refractivity contribution in [2.75, 3.05) is 11.1 Å². The van der Waals surface area contributed by atoms with Crippen molar-refractivity contribution in [1.82, 2.24) is 4.98 Å². The first kappa shape index (κ1) is 13.3. The molecule has 1 aromatic carbocycles. The number of thiophene rings is 1. The zero-order chi connectivity index (χ0) is 14.7. The zero-order valence-electron chi connectivity index (χ0n) is 11.1. The lowest BCUT2D eigenvalue weighted by molar-refractivity contribution is 0.112. The molecule has 3 aromatic rings.